The Morgan fingerprint density at radius 2 is 1.88 bits per heavy atom. The quantitative estimate of drug-likeness (QED) is 0.599. The predicted octanol–water partition coefficient (Wildman–Crippen LogP) is 4.48. The van der Waals surface area contributed by atoms with E-state index in [0.717, 1.165) is 44.1 Å². The molecule has 1 heterocycles. The Morgan fingerprint density at radius 1 is 1.12 bits per heavy atom. The van der Waals surface area contributed by atoms with Crippen LogP contribution in [0.4, 0.5) is 8.78 Å². The number of rotatable bonds is 8. The second kappa shape index (κ2) is 11.3. The Morgan fingerprint density at radius 3 is 2.56 bits per heavy atom. The van der Waals surface area contributed by atoms with Gasteiger partial charge in [-0.05, 0) is 49.3 Å². The summed E-state index contributed by atoms with van der Waals surface area (Å²) in [5.74, 6) is -1.44. The van der Waals surface area contributed by atoms with Gasteiger partial charge < -0.3 is 10.2 Å². The van der Waals surface area contributed by atoms with Crippen LogP contribution < -0.4 is 5.32 Å². The Kier molecular flexibility index (Phi) is 8.53. The number of benzene rings is 1. The van der Waals surface area contributed by atoms with Crippen LogP contribution >= 0.6 is 0 Å². The van der Waals surface area contributed by atoms with Crippen LogP contribution in [0.3, 0.4) is 0 Å². The molecule has 2 atom stereocenters. The molecule has 0 aromatic heterocycles. The summed E-state index contributed by atoms with van der Waals surface area (Å²) in [7, 11) is 0. The summed E-state index contributed by atoms with van der Waals surface area (Å²) in [6.45, 7) is 4.20. The van der Waals surface area contributed by atoms with Crippen molar-refractivity contribution in [2.75, 3.05) is 13.1 Å². The van der Waals surface area contributed by atoms with Crippen LogP contribution in [-0.4, -0.2) is 48.1 Å². The molecule has 2 amide bonds. The lowest BCUT2D eigenvalue weighted by Gasteiger charge is -2.33. The van der Waals surface area contributed by atoms with Gasteiger partial charge in [-0.1, -0.05) is 37.5 Å². The van der Waals surface area contributed by atoms with Gasteiger partial charge >= 0.3 is 6.43 Å². The standard InChI is InChI=1S/C25H32F2N2O3/c1-2-8-21(30)22(17-9-4-3-5-10-17)28-24(31)19-12-6-11-18(15-19)20-13-7-14-29(16-20)25(32)23(26)27/h2,6,11-12,15,17,20,22-23H,1,3-5,7-10,13-14,16H2,(H,28,31)/t20?,22-/m1/s1. The maximum Gasteiger partial charge on any atom is 0.315 e. The van der Waals surface area contributed by atoms with E-state index >= 15 is 0 Å². The first-order valence-electron chi connectivity index (χ1n) is 11.5. The molecule has 174 valence electrons. The number of Topliss-reactive ketones (excluding diaryl/α,β-unsaturated/α-hetero) is 1. The summed E-state index contributed by atoms with van der Waals surface area (Å²) in [6.07, 6.45) is 5.30. The largest absolute Gasteiger partial charge is 0.342 e. The van der Waals surface area contributed by atoms with E-state index < -0.39 is 18.4 Å². The normalized spacial score (nSPS) is 20.6. The average molecular weight is 447 g/mol. The third-order valence-electron chi connectivity index (χ3n) is 6.64. The van der Waals surface area contributed by atoms with Gasteiger partial charge in [-0.25, -0.2) is 0 Å². The number of ketones is 1. The fourth-order valence-corrected chi connectivity index (χ4v) is 4.94. The number of allylic oxidation sites excluding steroid dienone is 1. The predicted molar refractivity (Wildman–Crippen MR) is 119 cm³/mol. The van der Waals surface area contributed by atoms with Gasteiger partial charge in [-0.15, -0.1) is 6.58 Å². The van der Waals surface area contributed by atoms with E-state index in [1.54, 1.807) is 24.3 Å². The first-order chi connectivity index (χ1) is 15.4. The summed E-state index contributed by atoms with van der Waals surface area (Å²) in [6, 6.07) is 6.54. The van der Waals surface area contributed by atoms with Crippen molar-refractivity contribution in [1.82, 2.24) is 10.2 Å². The highest BCUT2D eigenvalue weighted by molar-refractivity contribution is 5.98. The Bertz CT molecular complexity index is 836. The molecule has 1 aliphatic heterocycles. The molecule has 1 aromatic rings. The summed E-state index contributed by atoms with van der Waals surface area (Å²) in [5, 5.41) is 2.96. The molecule has 0 radical (unpaired) electrons. The average Bonchev–Trinajstić information content (AvgIpc) is 2.82. The number of nitrogens with zero attached hydrogens (tertiary/aromatic N) is 1. The molecule has 1 saturated heterocycles. The molecule has 3 rings (SSSR count). The van der Waals surface area contributed by atoms with Gasteiger partial charge in [0.1, 0.15) is 0 Å². The number of nitrogens with one attached hydrogen (secondary N) is 1. The zero-order valence-corrected chi connectivity index (χ0v) is 18.4. The van der Waals surface area contributed by atoms with Crippen LogP contribution in [0.1, 0.15) is 73.2 Å². The summed E-state index contributed by atoms with van der Waals surface area (Å²) < 4.78 is 25.7. The number of halogens is 2. The van der Waals surface area contributed by atoms with Crippen LogP contribution in [0.2, 0.25) is 0 Å². The number of piperidine rings is 1. The van der Waals surface area contributed by atoms with Crippen molar-refractivity contribution in [2.24, 2.45) is 5.92 Å². The van der Waals surface area contributed by atoms with Gasteiger partial charge in [-0.2, -0.15) is 8.78 Å². The topological polar surface area (TPSA) is 66.5 Å². The van der Waals surface area contributed by atoms with E-state index in [4.69, 9.17) is 0 Å². The van der Waals surface area contributed by atoms with Gasteiger partial charge in [0.25, 0.3) is 11.8 Å². The number of alkyl halides is 2. The first kappa shape index (κ1) is 24.1. The molecule has 2 fully saturated rings. The molecule has 5 nitrogen and oxygen atoms in total. The molecule has 1 N–H and O–H groups in total. The van der Waals surface area contributed by atoms with Crippen LogP contribution in [0.25, 0.3) is 0 Å². The van der Waals surface area contributed by atoms with Gasteiger partial charge in [0.05, 0.1) is 6.04 Å². The number of hydrogen-bond acceptors (Lipinski definition) is 3. The first-order valence-corrected chi connectivity index (χ1v) is 11.5. The van der Waals surface area contributed by atoms with E-state index in [1.165, 1.54) is 4.90 Å². The highest BCUT2D eigenvalue weighted by Crippen LogP contribution is 2.29. The highest BCUT2D eigenvalue weighted by Gasteiger charge is 2.31. The Hall–Kier alpha value is -2.57. The second-order valence-electron chi connectivity index (χ2n) is 8.86. The fourth-order valence-electron chi connectivity index (χ4n) is 4.94. The molecule has 0 bridgehead atoms. The van der Waals surface area contributed by atoms with E-state index in [-0.39, 0.29) is 36.5 Å². The maximum absolute atomic E-state index is 13.1. The number of likely N-dealkylation sites (tertiary alicyclic amines) is 1. The van der Waals surface area contributed by atoms with Crippen molar-refractivity contribution in [3.05, 3.63) is 48.0 Å². The smallest absolute Gasteiger partial charge is 0.315 e. The van der Waals surface area contributed by atoms with Gasteiger partial charge in [0.15, 0.2) is 5.78 Å². The molecule has 1 unspecified atom stereocenters. The third kappa shape index (κ3) is 6.02. The lowest BCUT2D eigenvalue weighted by atomic mass is 9.81. The zero-order chi connectivity index (χ0) is 23.1. The van der Waals surface area contributed by atoms with Crippen LogP contribution in [-0.2, 0) is 9.59 Å². The number of carbonyl (C=O) groups excluding carboxylic acids is 3. The minimum absolute atomic E-state index is 0.0233. The molecule has 32 heavy (non-hydrogen) atoms. The Labute approximate surface area is 188 Å². The SMILES string of the molecule is C=CCC(=O)[C@H](NC(=O)c1cccc(C2CCCN(C(=O)C(F)F)C2)c1)C1CCCCC1. The lowest BCUT2D eigenvalue weighted by Crippen LogP contribution is -2.46. The van der Waals surface area contributed by atoms with Crippen molar-refractivity contribution in [2.45, 2.75) is 69.8 Å². The van der Waals surface area contributed by atoms with Crippen LogP contribution in [0.15, 0.2) is 36.9 Å². The molecule has 1 aliphatic carbocycles. The molecular weight excluding hydrogens is 414 g/mol. The van der Waals surface area contributed by atoms with Crippen molar-refractivity contribution >= 4 is 17.6 Å². The van der Waals surface area contributed by atoms with Crippen molar-refractivity contribution < 1.29 is 23.2 Å². The number of hydrogen-bond donors (Lipinski definition) is 1. The highest BCUT2D eigenvalue weighted by atomic mass is 19.3. The summed E-state index contributed by atoms with van der Waals surface area (Å²) in [5.41, 5.74) is 1.28. The molecule has 1 aromatic carbocycles. The van der Waals surface area contributed by atoms with Crippen molar-refractivity contribution in [3.63, 3.8) is 0 Å². The fraction of sp³-hybridized carbons (Fsp3) is 0.560. The molecule has 7 heteroatoms. The third-order valence-corrected chi connectivity index (χ3v) is 6.64. The minimum Gasteiger partial charge on any atom is -0.342 e. The molecule has 1 saturated carbocycles. The number of carbonyl (C=O) groups is 3. The maximum atomic E-state index is 13.1. The van der Waals surface area contributed by atoms with Crippen LogP contribution in [0, 0.1) is 5.92 Å². The lowest BCUT2D eigenvalue weighted by molar-refractivity contribution is -0.144. The molecule has 0 spiro atoms. The van der Waals surface area contributed by atoms with Gasteiger partial charge in [0.2, 0.25) is 0 Å². The van der Waals surface area contributed by atoms with Crippen molar-refractivity contribution in [3.8, 4) is 0 Å². The minimum atomic E-state index is -3.00. The van der Waals surface area contributed by atoms with E-state index in [0.29, 0.717) is 18.5 Å². The van der Waals surface area contributed by atoms with Crippen LogP contribution in [0.5, 0.6) is 0 Å². The second-order valence-corrected chi connectivity index (χ2v) is 8.86. The zero-order valence-electron chi connectivity index (χ0n) is 18.4. The van der Waals surface area contributed by atoms with Gasteiger partial charge in [-0.3, -0.25) is 14.4 Å². The molecule has 2 aliphatic rings. The Balaban J connectivity index is 1.72. The summed E-state index contributed by atoms with van der Waals surface area (Å²) >= 11 is 0. The van der Waals surface area contributed by atoms with Gasteiger partial charge in [0, 0.05) is 31.0 Å². The van der Waals surface area contributed by atoms with Crippen molar-refractivity contribution in [1.29, 1.82) is 0 Å². The number of amides is 2. The summed E-state index contributed by atoms with van der Waals surface area (Å²) in [4.78, 5) is 38.7. The monoisotopic (exact) mass is 446 g/mol. The molecular formula is C25H32F2N2O3. The van der Waals surface area contributed by atoms with E-state index in [9.17, 15) is 23.2 Å². The van der Waals surface area contributed by atoms with E-state index in [2.05, 4.69) is 11.9 Å². The van der Waals surface area contributed by atoms with E-state index in [1.807, 2.05) is 6.07 Å².